The Morgan fingerprint density at radius 1 is 1.19 bits per heavy atom. The van der Waals surface area contributed by atoms with Gasteiger partial charge in [-0.3, -0.25) is 10.0 Å². The number of benzene rings is 2. The first-order valence-corrected chi connectivity index (χ1v) is 8.30. The van der Waals surface area contributed by atoms with Crippen LogP contribution in [0, 0.1) is 0 Å². The minimum absolute atomic E-state index is 0.227. The molecule has 0 radical (unpaired) electrons. The summed E-state index contributed by atoms with van der Waals surface area (Å²) in [6, 6.07) is 12.2. The molecular weight excluding hydrogens is 348 g/mol. The zero-order chi connectivity index (χ0) is 19.8. The molecule has 2 rings (SSSR count). The average Bonchev–Trinajstić information content (AvgIpc) is 2.72. The average molecular weight is 372 g/mol. The summed E-state index contributed by atoms with van der Waals surface area (Å²) in [7, 11) is 3.17. The van der Waals surface area contributed by atoms with Gasteiger partial charge in [0.05, 0.1) is 13.7 Å². The highest BCUT2D eigenvalue weighted by atomic mass is 16.5. The van der Waals surface area contributed by atoms with E-state index < -0.39 is 12.0 Å². The number of methoxy groups -OCH3 is 2. The molecular formula is C20H24N2O5. The Morgan fingerprint density at radius 3 is 2.41 bits per heavy atom. The van der Waals surface area contributed by atoms with Gasteiger partial charge in [0.2, 0.25) is 0 Å². The first kappa shape index (κ1) is 20.4. The number of ether oxygens (including phenoxy) is 3. The van der Waals surface area contributed by atoms with Gasteiger partial charge in [-0.2, -0.15) is 0 Å². The molecule has 0 heterocycles. The topological polar surface area (TPSA) is 103 Å². The van der Waals surface area contributed by atoms with Gasteiger partial charge in [-0.1, -0.05) is 24.8 Å². The van der Waals surface area contributed by atoms with E-state index in [1.54, 1.807) is 31.8 Å². The summed E-state index contributed by atoms with van der Waals surface area (Å²) >= 11 is 0. The van der Waals surface area contributed by atoms with Gasteiger partial charge in [0.25, 0.3) is 5.91 Å². The second-order valence-corrected chi connectivity index (χ2v) is 5.78. The van der Waals surface area contributed by atoms with Gasteiger partial charge in [0.15, 0.2) is 0 Å². The SMILES string of the molecule is C=C(c1ccc(OC)cc1)[C@@H](COC)Oc1cc(C(=O)NO)ccc1CN. The molecule has 2 aromatic carbocycles. The maximum absolute atomic E-state index is 11.7. The zero-order valence-electron chi connectivity index (χ0n) is 15.4. The molecule has 0 unspecified atom stereocenters. The molecule has 0 aliphatic heterocycles. The predicted octanol–water partition coefficient (Wildman–Crippen LogP) is 2.38. The molecule has 4 N–H and O–H groups in total. The Bertz CT molecular complexity index is 789. The van der Waals surface area contributed by atoms with E-state index in [-0.39, 0.29) is 18.7 Å². The van der Waals surface area contributed by atoms with Crippen LogP contribution >= 0.6 is 0 Å². The van der Waals surface area contributed by atoms with Crippen LogP contribution in [0.2, 0.25) is 0 Å². The van der Waals surface area contributed by atoms with Crippen molar-refractivity contribution in [2.24, 2.45) is 5.73 Å². The number of nitrogens with two attached hydrogens (primary N) is 1. The van der Waals surface area contributed by atoms with Crippen molar-refractivity contribution in [2.45, 2.75) is 12.6 Å². The molecule has 144 valence electrons. The fraction of sp³-hybridized carbons (Fsp3) is 0.250. The second-order valence-electron chi connectivity index (χ2n) is 5.78. The standard InChI is InChI=1S/C20H24N2O5/c1-13(14-6-8-17(26-3)9-7-14)19(12-25-2)27-18-10-15(20(23)22-24)4-5-16(18)11-21/h4-10,19,24H,1,11-12,21H2,2-3H3,(H,22,23)/t19-/m1/s1. The van der Waals surface area contributed by atoms with Crippen molar-refractivity contribution in [1.29, 1.82) is 0 Å². The van der Waals surface area contributed by atoms with Crippen molar-refractivity contribution in [3.8, 4) is 11.5 Å². The molecule has 0 aliphatic carbocycles. The van der Waals surface area contributed by atoms with E-state index in [9.17, 15) is 4.79 Å². The van der Waals surface area contributed by atoms with Gasteiger partial charge in [0.1, 0.15) is 17.6 Å². The van der Waals surface area contributed by atoms with E-state index in [4.69, 9.17) is 25.2 Å². The molecule has 1 amide bonds. The quantitative estimate of drug-likeness (QED) is 0.461. The van der Waals surface area contributed by atoms with E-state index in [0.717, 1.165) is 11.3 Å². The highest BCUT2D eigenvalue weighted by molar-refractivity contribution is 5.93. The fourth-order valence-corrected chi connectivity index (χ4v) is 2.54. The van der Waals surface area contributed by atoms with Gasteiger partial charge < -0.3 is 19.9 Å². The van der Waals surface area contributed by atoms with Gasteiger partial charge in [-0.15, -0.1) is 0 Å². The van der Waals surface area contributed by atoms with Crippen molar-refractivity contribution >= 4 is 11.5 Å². The lowest BCUT2D eigenvalue weighted by molar-refractivity contribution is 0.0705. The first-order chi connectivity index (χ1) is 13.0. The molecule has 0 fully saturated rings. The summed E-state index contributed by atoms with van der Waals surface area (Å²) in [5.41, 5.74) is 9.93. The third kappa shape index (κ3) is 5.07. The normalized spacial score (nSPS) is 11.6. The van der Waals surface area contributed by atoms with Gasteiger partial charge in [-0.25, -0.2) is 5.48 Å². The molecule has 0 aliphatic rings. The Kier molecular flexibility index (Phi) is 7.36. The number of rotatable bonds is 9. The van der Waals surface area contributed by atoms with E-state index in [2.05, 4.69) is 6.58 Å². The van der Waals surface area contributed by atoms with Crippen LogP contribution in [0.15, 0.2) is 49.0 Å². The molecule has 7 nitrogen and oxygen atoms in total. The van der Waals surface area contributed by atoms with Crippen LogP contribution in [0.4, 0.5) is 0 Å². The van der Waals surface area contributed by atoms with Gasteiger partial charge in [-0.05, 0) is 35.4 Å². The number of nitrogens with one attached hydrogen (secondary N) is 1. The molecule has 1 atom stereocenters. The summed E-state index contributed by atoms with van der Waals surface area (Å²) in [5, 5.41) is 8.84. The molecule has 27 heavy (non-hydrogen) atoms. The number of hydroxylamine groups is 1. The lowest BCUT2D eigenvalue weighted by Crippen LogP contribution is -2.25. The Labute approximate surface area is 158 Å². The number of hydrogen-bond acceptors (Lipinski definition) is 6. The second kappa shape index (κ2) is 9.72. The minimum atomic E-state index is -0.638. The highest BCUT2D eigenvalue weighted by Gasteiger charge is 2.19. The molecule has 0 aromatic heterocycles. The van der Waals surface area contributed by atoms with Crippen molar-refractivity contribution < 1.29 is 24.2 Å². The summed E-state index contributed by atoms with van der Waals surface area (Å²) < 4.78 is 16.5. The van der Waals surface area contributed by atoms with Gasteiger partial charge in [0, 0.05) is 24.8 Å². The molecule has 2 aromatic rings. The van der Waals surface area contributed by atoms with Crippen LogP contribution in [0.25, 0.3) is 5.57 Å². The minimum Gasteiger partial charge on any atom is -0.497 e. The van der Waals surface area contributed by atoms with Crippen molar-refractivity contribution in [2.75, 3.05) is 20.8 Å². The van der Waals surface area contributed by atoms with Crippen molar-refractivity contribution in [1.82, 2.24) is 5.48 Å². The van der Waals surface area contributed by atoms with Crippen LogP contribution in [0.3, 0.4) is 0 Å². The molecule has 0 saturated carbocycles. The zero-order valence-corrected chi connectivity index (χ0v) is 15.4. The summed E-state index contributed by atoms with van der Waals surface area (Å²) in [6.45, 7) is 4.61. The number of amides is 1. The van der Waals surface area contributed by atoms with Crippen LogP contribution in [-0.4, -0.2) is 38.0 Å². The molecule has 0 saturated heterocycles. The number of carbonyl (C=O) groups is 1. The van der Waals surface area contributed by atoms with Crippen LogP contribution in [0.1, 0.15) is 21.5 Å². The molecule has 0 bridgehead atoms. The summed E-state index contributed by atoms with van der Waals surface area (Å²) in [4.78, 5) is 11.7. The monoisotopic (exact) mass is 372 g/mol. The van der Waals surface area contributed by atoms with Gasteiger partial charge >= 0.3 is 0 Å². The van der Waals surface area contributed by atoms with E-state index >= 15 is 0 Å². The van der Waals surface area contributed by atoms with Crippen LogP contribution in [0.5, 0.6) is 11.5 Å². The summed E-state index contributed by atoms with van der Waals surface area (Å²) in [6.07, 6.45) is -0.499. The first-order valence-electron chi connectivity index (χ1n) is 8.30. The number of carbonyl (C=O) groups excluding carboxylic acids is 1. The van der Waals surface area contributed by atoms with Crippen molar-refractivity contribution in [3.05, 3.63) is 65.7 Å². The molecule has 0 spiro atoms. The van der Waals surface area contributed by atoms with E-state index in [0.29, 0.717) is 16.9 Å². The fourth-order valence-electron chi connectivity index (χ4n) is 2.54. The van der Waals surface area contributed by atoms with Crippen LogP contribution in [-0.2, 0) is 11.3 Å². The Hall–Kier alpha value is -2.87. The Morgan fingerprint density at radius 2 is 1.85 bits per heavy atom. The van der Waals surface area contributed by atoms with Crippen LogP contribution < -0.4 is 20.7 Å². The molecule has 7 heteroatoms. The third-order valence-corrected chi connectivity index (χ3v) is 4.09. The lowest BCUT2D eigenvalue weighted by atomic mass is 10.0. The smallest absolute Gasteiger partial charge is 0.274 e. The maximum Gasteiger partial charge on any atom is 0.274 e. The maximum atomic E-state index is 11.7. The summed E-state index contributed by atoms with van der Waals surface area (Å²) in [5.74, 6) is 0.528. The lowest BCUT2D eigenvalue weighted by Gasteiger charge is -2.23. The van der Waals surface area contributed by atoms with Crippen molar-refractivity contribution in [3.63, 3.8) is 0 Å². The number of hydrogen-bond donors (Lipinski definition) is 3. The third-order valence-electron chi connectivity index (χ3n) is 4.09. The largest absolute Gasteiger partial charge is 0.497 e. The van der Waals surface area contributed by atoms with E-state index in [1.807, 2.05) is 24.3 Å². The highest BCUT2D eigenvalue weighted by Crippen LogP contribution is 2.27. The van der Waals surface area contributed by atoms with E-state index in [1.165, 1.54) is 6.07 Å². The Balaban J connectivity index is 2.31. The predicted molar refractivity (Wildman–Crippen MR) is 102 cm³/mol.